The molecule has 0 bridgehead atoms. The number of likely N-dealkylation sites (tertiary alicyclic amines) is 1. The van der Waals surface area contributed by atoms with Crippen LogP contribution in [0.25, 0.3) is 10.9 Å². The van der Waals surface area contributed by atoms with Crippen LogP contribution in [0.15, 0.2) is 54.7 Å². The van der Waals surface area contributed by atoms with E-state index in [9.17, 15) is 14.7 Å². The molecule has 2 atom stereocenters. The van der Waals surface area contributed by atoms with Crippen LogP contribution in [0.3, 0.4) is 0 Å². The maximum atomic E-state index is 12.9. The first-order valence-corrected chi connectivity index (χ1v) is 10.9. The van der Waals surface area contributed by atoms with Crippen LogP contribution in [0.2, 0.25) is 0 Å². The van der Waals surface area contributed by atoms with E-state index < -0.39 is 12.0 Å². The van der Waals surface area contributed by atoms with Gasteiger partial charge in [-0.15, -0.1) is 0 Å². The molecule has 0 unspecified atom stereocenters. The molecule has 1 aromatic heterocycles. The number of aromatic amines is 1. The molecule has 3 N–H and O–H groups in total. The van der Waals surface area contributed by atoms with Crippen LogP contribution in [0, 0.1) is 6.92 Å². The Hall–Kier alpha value is -3.28. The average Bonchev–Trinajstić information content (AvgIpc) is 3.21. The molecule has 0 radical (unpaired) electrons. The molecule has 2 heterocycles. The average molecular weight is 420 g/mol. The summed E-state index contributed by atoms with van der Waals surface area (Å²) in [5.41, 5.74) is 4.47. The summed E-state index contributed by atoms with van der Waals surface area (Å²) in [6.45, 7) is 5.22. The van der Waals surface area contributed by atoms with Gasteiger partial charge in [0.1, 0.15) is 6.04 Å². The van der Waals surface area contributed by atoms with Crippen LogP contribution >= 0.6 is 0 Å². The smallest absolute Gasteiger partial charge is 0.326 e. The quantitative estimate of drug-likeness (QED) is 0.564. The van der Waals surface area contributed by atoms with E-state index in [1.807, 2.05) is 43.5 Å². The van der Waals surface area contributed by atoms with Gasteiger partial charge in [0.05, 0.1) is 0 Å². The van der Waals surface area contributed by atoms with Gasteiger partial charge in [0.25, 0.3) is 0 Å². The topological polar surface area (TPSA) is 85.4 Å². The number of carboxylic acid groups (broad SMARTS) is 1. The van der Waals surface area contributed by atoms with Gasteiger partial charge in [0.2, 0.25) is 0 Å². The Balaban J connectivity index is 1.42. The Morgan fingerprint density at radius 1 is 1.10 bits per heavy atom. The highest BCUT2D eigenvalue weighted by molar-refractivity contribution is 5.87. The van der Waals surface area contributed by atoms with Gasteiger partial charge in [-0.2, -0.15) is 0 Å². The summed E-state index contributed by atoms with van der Waals surface area (Å²) in [6, 6.07) is 14.9. The zero-order chi connectivity index (χ0) is 22.0. The molecule has 4 rings (SSSR count). The number of urea groups is 1. The number of fused-ring (bicyclic) bond motifs is 1. The zero-order valence-corrected chi connectivity index (χ0v) is 18.0. The van der Waals surface area contributed by atoms with Gasteiger partial charge in [-0.1, -0.05) is 49.4 Å². The Kier molecular flexibility index (Phi) is 5.98. The second-order valence-corrected chi connectivity index (χ2v) is 8.46. The number of para-hydroxylation sites is 1. The molecule has 2 aromatic carbocycles. The first kappa shape index (κ1) is 21.0. The fourth-order valence-corrected chi connectivity index (χ4v) is 4.71. The van der Waals surface area contributed by atoms with Crippen LogP contribution in [-0.2, 0) is 4.79 Å². The summed E-state index contributed by atoms with van der Waals surface area (Å²) >= 11 is 0. The third-order valence-electron chi connectivity index (χ3n) is 6.57. The van der Waals surface area contributed by atoms with Crippen molar-refractivity contribution in [3.63, 3.8) is 0 Å². The third-order valence-corrected chi connectivity index (χ3v) is 6.57. The van der Waals surface area contributed by atoms with E-state index in [0.29, 0.717) is 19.0 Å². The Bertz CT molecular complexity index is 1080. The van der Waals surface area contributed by atoms with Crippen LogP contribution in [0.4, 0.5) is 4.79 Å². The van der Waals surface area contributed by atoms with Crippen molar-refractivity contribution in [1.29, 1.82) is 0 Å². The lowest BCUT2D eigenvalue weighted by Crippen LogP contribution is -2.51. The third kappa shape index (κ3) is 4.29. The number of hydrogen-bond donors (Lipinski definition) is 3. The van der Waals surface area contributed by atoms with Crippen molar-refractivity contribution >= 4 is 22.9 Å². The number of nitrogens with zero attached hydrogens (tertiary/aromatic N) is 1. The number of carboxylic acids is 1. The van der Waals surface area contributed by atoms with Crippen molar-refractivity contribution in [1.82, 2.24) is 15.2 Å². The molecule has 0 aliphatic carbocycles. The molecular formula is C25H29N3O3. The minimum Gasteiger partial charge on any atom is -0.480 e. The number of nitrogens with one attached hydrogen (secondary N) is 2. The SMILES string of the molecule is Cc1ccccc1C1CCN(C(=O)N[C@@H](C(=O)O)[C@@H](C)c2c[nH]c3ccccc23)CC1. The van der Waals surface area contributed by atoms with Crippen molar-refractivity contribution in [3.8, 4) is 0 Å². The second kappa shape index (κ2) is 8.84. The fourth-order valence-electron chi connectivity index (χ4n) is 4.71. The van der Waals surface area contributed by atoms with Gasteiger partial charge in [-0.3, -0.25) is 0 Å². The standard InChI is InChI=1S/C25H29N3O3/c1-16-7-3-4-8-19(16)18-11-13-28(14-12-18)25(31)27-23(24(29)30)17(2)21-15-26-22-10-6-5-9-20(21)22/h3-10,15,17-18,23,26H,11-14H2,1-2H3,(H,27,31)(H,29,30)/t17-,23+/m0/s1. The van der Waals surface area contributed by atoms with Crippen molar-refractivity contribution in [2.24, 2.45) is 0 Å². The molecular weight excluding hydrogens is 390 g/mol. The van der Waals surface area contributed by atoms with E-state index in [4.69, 9.17) is 0 Å². The highest BCUT2D eigenvalue weighted by Gasteiger charge is 2.32. The van der Waals surface area contributed by atoms with Crippen LogP contribution in [0.1, 0.15) is 48.3 Å². The number of rotatable bonds is 5. The molecule has 31 heavy (non-hydrogen) atoms. The number of carbonyl (C=O) groups excluding carboxylic acids is 1. The lowest BCUT2D eigenvalue weighted by atomic mass is 9.87. The molecule has 1 aliphatic rings. The lowest BCUT2D eigenvalue weighted by molar-refractivity contribution is -0.139. The maximum absolute atomic E-state index is 12.9. The Morgan fingerprint density at radius 3 is 2.48 bits per heavy atom. The van der Waals surface area contributed by atoms with Crippen molar-refractivity contribution in [2.45, 2.75) is 44.6 Å². The van der Waals surface area contributed by atoms with E-state index in [1.54, 1.807) is 4.90 Å². The van der Waals surface area contributed by atoms with Gasteiger partial charge in [0.15, 0.2) is 0 Å². The summed E-state index contributed by atoms with van der Waals surface area (Å²) in [5, 5.41) is 13.6. The highest BCUT2D eigenvalue weighted by Crippen LogP contribution is 2.31. The fraction of sp³-hybridized carbons (Fsp3) is 0.360. The summed E-state index contributed by atoms with van der Waals surface area (Å²) in [7, 11) is 0. The molecule has 3 aromatic rings. The molecule has 0 saturated carbocycles. The van der Waals surface area contributed by atoms with Crippen LogP contribution in [0.5, 0.6) is 0 Å². The normalized spacial score (nSPS) is 16.8. The van der Waals surface area contributed by atoms with Crippen molar-refractivity contribution < 1.29 is 14.7 Å². The van der Waals surface area contributed by atoms with E-state index in [0.717, 1.165) is 29.3 Å². The molecule has 1 saturated heterocycles. The number of aliphatic carboxylic acids is 1. The number of carbonyl (C=O) groups is 2. The van der Waals surface area contributed by atoms with E-state index in [2.05, 4.69) is 35.4 Å². The maximum Gasteiger partial charge on any atom is 0.326 e. The van der Waals surface area contributed by atoms with Crippen molar-refractivity contribution in [3.05, 3.63) is 71.4 Å². The largest absolute Gasteiger partial charge is 0.480 e. The van der Waals surface area contributed by atoms with E-state index in [-0.39, 0.29) is 11.9 Å². The van der Waals surface area contributed by atoms with Gasteiger partial charge in [0, 0.05) is 36.1 Å². The molecule has 2 amide bonds. The lowest BCUT2D eigenvalue weighted by Gasteiger charge is -2.34. The molecule has 0 spiro atoms. The molecule has 6 heteroatoms. The Labute approximate surface area is 182 Å². The Morgan fingerprint density at radius 2 is 1.77 bits per heavy atom. The summed E-state index contributed by atoms with van der Waals surface area (Å²) < 4.78 is 0. The van der Waals surface area contributed by atoms with Gasteiger partial charge >= 0.3 is 12.0 Å². The number of benzene rings is 2. The van der Waals surface area contributed by atoms with Crippen LogP contribution < -0.4 is 5.32 Å². The number of hydrogen-bond acceptors (Lipinski definition) is 2. The number of piperidine rings is 1. The second-order valence-electron chi connectivity index (χ2n) is 8.46. The predicted molar refractivity (Wildman–Crippen MR) is 121 cm³/mol. The summed E-state index contributed by atoms with van der Waals surface area (Å²) in [6.07, 6.45) is 3.60. The number of H-pyrrole nitrogens is 1. The monoisotopic (exact) mass is 419 g/mol. The first-order chi connectivity index (χ1) is 15.0. The van der Waals surface area contributed by atoms with Gasteiger partial charge in [-0.05, 0) is 48.4 Å². The van der Waals surface area contributed by atoms with E-state index in [1.165, 1.54) is 11.1 Å². The zero-order valence-electron chi connectivity index (χ0n) is 18.0. The summed E-state index contributed by atoms with van der Waals surface area (Å²) in [4.78, 5) is 29.9. The first-order valence-electron chi connectivity index (χ1n) is 10.9. The molecule has 1 aliphatic heterocycles. The van der Waals surface area contributed by atoms with Gasteiger partial charge in [-0.25, -0.2) is 9.59 Å². The minimum absolute atomic E-state index is 0.303. The minimum atomic E-state index is -1.03. The number of aryl methyl sites for hydroxylation is 1. The molecule has 162 valence electrons. The van der Waals surface area contributed by atoms with E-state index >= 15 is 0 Å². The molecule has 1 fully saturated rings. The predicted octanol–water partition coefficient (Wildman–Crippen LogP) is 4.62. The molecule has 6 nitrogen and oxygen atoms in total. The summed E-state index contributed by atoms with van der Waals surface area (Å²) in [5.74, 6) is -0.964. The van der Waals surface area contributed by atoms with Crippen LogP contribution in [-0.4, -0.2) is 46.1 Å². The van der Waals surface area contributed by atoms with Gasteiger partial charge < -0.3 is 20.3 Å². The number of amides is 2. The number of aromatic nitrogens is 1. The van der Waals surface area contributed by atoms with Crippen molar-refractivity contribution in [2.75, 3.05) is 13.1 Å². The highest BCUT2D eigenvalue weighted by atomic mass is 16.4.